The van der Waals surface area contributed by atoms with E-state index in [1.54, 1.807) is 18.3 Å². The number of nitrogens with zero attached hydrogens (tertiary/aromatic N) is 1. The zero-order valence-electron chi connectivity index (χ0n) is 10.2. The molecule has 2 rings (SSSR count). The third-order valence-corrected chi connectivity index (χ3v) is 3.10. The van der Waals surface area contributed by atoms with Crippen LogP contribution in [0, 0.1) is 6.92 Å². The predicted octanol–water partition coefficient (Wildman–Crippen LogP) is 3.04. The van der Waals surface area contributed by atoms with Crippen LogP contribution >= 0.6 is 11.6 Å². The fraction of sp³-hybridized carbons (Fsp3) is 0.214. The first-order valence-corrected chi connectivity index (χ1v) is 6.12. The topological polar surface area (TPSA) is 45.2 Å². The van der Waals surface area contributed by atoms with Crippen molar-refractivity contribution in [2.24, 2.45) is 0 Å². The highest BCUT2D eigenvalue weighted by Gasteiger charge is 2.01. The molecular weight excluding hydrogens is 248 g/mol. The predicted molar refractivity (Wildman–Crippen MR) is 72.6 cm³/mol. The molecule has 0 unspecified atom stereocenters. The molecule has 0 aliphatic heterocycles. The molecule has 18 heavy (non-hydrogen) atoms. The van der Waals surface area contributed by atoms with E-state index in [1.807, 2.05) is 25.3 Å². The number of aromatic nitrogens is 1. The van der Waals surface area contributed by atoms with Gasteiger partial charge >= 0.3 is 0 Å². The SMILES string of the molecule is Cc1cnccc1CNCc1ccc(O)c(Cl)c1. The summed E-state index contributed by atoms with van der Waals surface area (Å²) >= 11 is 5.85. The molecule has 4 heteroatoms. The van der Waals surface area contributed by atoms with Crippen molar-refractivity contribution in [1.82, 2.24) is 10.3 Å². The van der Waals surface area contributed by atoms with E-state index < -0.39 is 0 Å². The van der Waals surface area contributed by atoms with Crippen molar-refractivity contribution >= 4 is 11.6 Å². The van der Waals surface area contributed by atoms with Crippen molar-refractivity contribution in [2.45, 2.75) is 20.0 Å². The lowest BCUT2D eigenvalue weighted by Crippen LogP contribution is -2.13. The van der Waals surface area contributed by atoms with Gasteiger partial charge in [0.1, 0.15) is 5.75 Å². The van der Waals surface area contributed by atoms with Crippen LogP contribution in [0.25, 0.3) is 0 Å². The van der Waals surface area contributed by atoms with Gasteiger partial charge in [0.25, 0.3) is 0 Å². The van der Waals surface area contributed by atoms with Crippen LogP contribution in [-0.2, 0) is 13.1 Å². The van der Waals surface area contributed by atoms with Gasteiger partial charge in [0.15, 0.2) is 0 Å². The van der Waals surface area contributed by atoms with E-state index in [0.29, 0.717) is 11.6 Å². The number of rotatable bonds is 4. The second-order valence-corrected chi connectivity index (χ2v) is 4.60. The fourth-order valence-electron chi connectivity index (χ4n) is 1.70. The van der Waals surface area contributed by atoms with Gasteiger partial charge in [-0.25, -0.2) is 0 Å². The van der Waals surface area contributed by atoms with Crippen molar-refractivity contribution in [3.63, 3.8) is 0 Å². The number of pyridine rings is 1. The molecule has 1 aromatic carbocycles. The normalized spacial score (nSPS) is 10.6. The van der Waals surface area contributed by atoms with E-state index in [0.717, 1.165) is 12.1 Å². The van der Waals surface area contributed by atoms with Crippen LogP contribution in [0.3, 0.4) is 0 Å². The molecule has 94 valence electrons. The molecule has 1 aromatic heterocycles. The van der Waals surface area contributed by atoms with Gasteiger partial charge in [-0.3, -0.25) is 4.98 Å². The molecule has 0 spiro atoms. The van der Waals surface area contributed by atoms with Gasteiger partial charge < -0.3 is 10.4 Å². The van der Waals surface area contributed by atoms with Crippen molar-refractivity contribution in [3.05, 3.63) is 58.4 Å². The van der Waals surface area contributed by atoms with Crippen LogP contribution in [0.15, 0.2) is 36.7 Å². The monoisotopic (exact) mass is 262 g/mol. The summed E-state index contributed by atoms with van der Waals surface area (Å²) in [6.45, 7) is 3.54. The summed E-state index contributed by atoms with van der Waals surface area (Å²) < 4.78 is 0. The zero-order chi connectivity index (χ0) is 13.0. The number of phenols is 1. The summed E-state index contributed by atoms with van der Waals surface area (Å²) in [6, 6.07) is 7.24. The van der Waals surface area contributed by atoms with E-state index in [4.69, 9.17) is 11.6 Å². The minimum Gasteiger partial charge on any atom is -0.506 e. The minimum absolute atomic E-state index is 0.116. The summed E-state index contributed by atoms with van der Waals surface area (Å²) in [6.07, 6.45) is 3.65. The standard InChI is InChI=1S/C14H15ClN2O/c1-10-7-16-5-4-12(10)9-17-8-11-2-3-14(18)13(15)6-11/h2-7,17-18H,8-9H2,1H3. The highest BCUT2D eigenvalue weighted by Crippen LogP contribution is 2.23. The maximum atomic E-state index is 9.32. The van der Waals surface area contributed by atoms with E-state index >= 15 is 0 Å². The van der Waals surface area contributed by atoms with Crippen molar-refractivity contribution in [1.29, 1.82) is 0 Å². The number of hydrogen-bond acceptors (Lipinski definition) is 3. The summed E-state index contributed by atoms with van der Waals surface area (Å²) in [5.41, 5.74) is 3.45. The fourth-order valence-corrected chi connectivity index (χ4v) is 1.91. The summed E-state index contributed by atoms with van der Waals surface area (Å²) in [4.78, 5) is 4.06. The number of benzene rings is 1. The van der Waals surface area contributed by atoms with E-state index in [1.165, 1.54) is 11.1 Å². The van der Waals surface area contributed by atoms with Gasteiger partial charge in [0.2, 0.25) is 0 Å². The Bertz CT molecular complexity index is 543. The molecule has 0 atom stereocenters. The Hall–Kier alpha value is -1.58. The third-order valence-electron chi connectivity index (χ3n) is 2.79. The Balaban J connectivity index is 1.92. The average Bonchev–Trinajstić information content (AvgIpc) is 2.36. The van der Waals surface area contributed by atoms with Crippen LogP contribution in [-0.4, -0.2) is 10.1 Å². The Morgan fingerprint density at radius 3 is 2.83 bits per heavy atom. The molecule has 0 bridgehead atoms. The molecule has 0 aliphatic carbocycles. The summed E-state index contributed by atoms with van der Waals surface area (Å²) in [7, 11) is 0. The Morgan fingerprint density at radius 1 is 1.28 bits per heavy atom. The molecule has 0 saturated heterocycles. The highest BCUT2D eigenvalue weighted by molar-refractivity contribution is 6.32. The van der Waals surface area contributed by atoms with Gasteiger partial charge in [-0.05, 0) is 41.8 Å². The molecular formula is C14H15ClN2O. The van der Waals surface area contributed by atoms with Crippen LogP contribution in [0.1, 0.15) is 16.7 Å². The number of nitrogens with one attached hydrogen (secondary N) is 1. The summed E-state index contributed by atoms with van der Waals surface area (Å²) in [5, 5.41) is 13.0. The lowest BCUT2D eigenvalue weighted by molar-refractivity contribution is 0.475. The number of hydrogen-bond donors (Lipinski definition) is 2. The average molecular weight is 263 g/mol. The number of phenolic OH excluding ortho intramolecular Hbond substituents is 1. The number of aromatic hydroxyl groups is 1. The van der Waals surface area contributed by atoms with Crippen LogP contribution < -0.4 is 5.32 Å². The summed E-state index contributed by atoms with van der Waals surface area (Å²) in [5.74, 6) is 0.116. The number of halogens is 1. The highest BCUT2D eigenvalue weighted by atomic mass is 35.5. The van der Waals surface area contributed by atoms with Crippen LogP contribution in [0.4, 0.5) is 0 Å². The second-order valence-electron chi connectivity index (χ2n) is 4.19. The van der Waals surface area contributed by atoms with Gasteiger partial charge in [0, 0.05) is 25.5 Å². The molecule has 0 fully saturated rings. The Labute approximate surface area is 111 Å². The lowest BCUT2D eigenvalue weighted by Gasteiger charge is -2.08. The van der Waals surface area contributed by atoms with Crippen molar-refractivity contribution < 1.29 is 5.11 Å². The van der Waals surface area contributed by atoms with Crippen LogP contribution in [0.5, 0.6) is 5.75 Å². The second kappa shape index (κ2) is 5.85. The first-order chi connectivity index (χ1) is 8.66. The van der Waals surface area contributed by atoms with E-state index in [-0.39, 0.29) is 5.75 Å². The molecule has 0 radical (unpaired) electrons. The van der Waals surface area contributed by atoms with Crippen molar-refractivity contribution in [3.8, 4) is 5.75 Å². The molecule has 3 nitrogen and oxygen atoms in total. The van der Waals surface area contributed by atoms with E-state index in [9.17, 15) is 5.11 Å². The van der Waals surface area contributed by atoms with Crippen molar-refractivity contribution in [2.75, 3.05) is 0 Å². The van der Waals surface area contributed by atoms with Gasteiger partial charge in [-0.1, -0.05) is 17.7 Å². The van der Waals surface area contributed by atoms with E-state index in [2.05, 4.69) is 10.3 Å². The van der Waals surface area contributed by atoms with Crippen LogP contribution in [0.2, 0.25) is 5.02 Å². The largest absolute Gasteiger partial charge is 0.506 e. The lowest BCUT2D eigenvalue weighted by atomic mass is 10.1. The molecule has 0 aliphatic rings. The molecule has 0 amide bonds. The first-order valence-electron chi connectivity index (χ1n) is 5.74. The first kappa shape index (κ1) is 12.9. The third kappa shape index (κ3) is 3.22. The van der Waals surface area contributed by atoms with Gasteiger partial charge in [0.05, 0.1) is 5.02 Å². The molecule has 0 saturated carbocycles. The Morgan fingerprint density at radius 2 is 2.11 bits per heavy atom. The smallest absolute Gasteiger partial charge is 0.134 e. The van der Waals surface area contributed by atoms with Gasteiger partial charge in [-0.2, -0.15) is 0 Å². The zero-order valence-corrected chi connectivity index (χ0v) is 10.9. The Kier molecular flexibility index (Phi) is 4.18. The molecule has 2 aromatic rings. The quantitative estimate of drug-likeness (QED) is 0.890. The maximum absolute atomic E-state index is 9.32. The van der Waals surface area contributed by atoms with Gasteiger partial charge in [-0.15, -0.1) is 0 Å². The number of aryl methyl sites for hydroxylation is 1. The molecule has 1 heterocycles. The minimum atomic E-state index is 0.116. The molecule has 2 N–H and O–H groups in total. The maximum Gasteiger partial charge on any atom is 0.134 e.